The van der Waals surface area contributed by atoms with Gasteiger partial charge < -0.3 is 24.6 Å². The van der Waals surface area contributed by atoms with Gasteiger partial charge in [0.1, 0.15) is 18.3 Å². The Kier molecular flexibility index (Phi) is 3.96. The van der Waals surface area contributed by atoms with E-state index in [0.717, 1.165) is 3.57 Å². The van der Waals surface area contributed by atoms with Crippen molar-refractivity contribution in [1.29, 1.82) is 0 Å². The van der Waals surface area contributed by atoms with Crippen LogP contribution in [-0.4, -0.2) is 60.2 Å². The first-order valence-corrected chi connectivity index (χ1v) is 7.27. The smallest absolute Gasteiger partial charge is 0.279 e. The molecule has 3 N–H and O–H groups in total. The number of rotatable bonds is 3. The number of nitrogens with zero attached hydrogens (tertiary/aromatic N) is 4. The Bertz CT molecular complexity index is 644. The maximum absolute atomic E-state index is 9.99. The third kappa shape index (κ3) is 2.57. The summed E-state index contributed by atoms with van der Waals surface area (Å²) in [4.78, 5) is 4.10. The van der Waals surface area contributed by atoms with Gasteiger partial charge in [-0.2, -0.15) is 10.1 Å². The molecule has 21 heavy (non-hydrogen) atoms. The molecule has 2 aromatic heterocycles. The summed E-state index contributed by atoms with van der Waals surface area (Å²) in [6, 6.07) is 0. The van der Waals surface area contributed by atoms with Gasteiger partial charge in [-0.25, -0.2) is 4.68 Å². The lowest BCUT2D eigenvalue weighted by atomic mass is 10.1. The van der Waals surface area contributed by atoms with Crippen LogP contribution < -0.4 is 0 Å². The molecule has 2 aromatic rings. The molecule has 4 unspecified atom stereocenters. The summed E-state index contributed by atoms with van der Waals surface area (Å²) < 4.78 is 12.6. The molecule has 3 heterocycles. The first-order chi connectivity index (χ1) is 10.0. The van der Waals surface area contributed by atoms with Crippen LogP contribution in [0.2, 0.25) is 0 Å². The predicted molar refractivity (Wildman–Crippen MR) is 76.0 cm³/mol. The molecular weight excluding hydrogens is 395 g/mol. The number of aromatic nitrogens is 4. The standard InChI is InChI=1S/C11H13IN4O5/c1-4-13-10(21-15-4)7-5(12)2-16(14-7)11-9(19)8(18)6(3-17)20-11/h2,6,8-9,11,17-19H,3H2,1H3. The third-order valence-electron chi connectivity index (χ3n) is 3.20. The van der Waals surface area contributed by atoms with E-state index in [2.05, 4.69) is 15.2 Å². The molecule has 0 aromatic carbocycles. The van der Waals surface area contributed by atoms with Gasteiger partial charge in [-0.1, -0.05) is 5.16 Å². The highest BCUT2D eigenvalue weighted by atomic mass is 127. The van der Waals surface area contributed by atoms with E-state index in [4.69, 9.17) is 14.4 Å². The SMILES string of the molecule is Cc1noc(-c2nn(C3OC(CO)C(O)C3O)cc2I)n1. The number of halogens is 1. The van der Waals surface area contributed by atoms with Crippen molar-refractivity contribution in [2.24, 2.45) is 0 Å². The highest BCUT2D eigenvalue weighted by Crippen LogP contribution is 2.31. The molecule has 114 valence electrons. The lowest BCUT2D eigenvalue weighted by molar-refractivity contribution is -0.0585. The molecular formula is C11H13IN4O5. The predicted octanol–water partition coefficient (Wildman–Crippen LogP) is -0.542. The molecule has 1 aliphatic heterocycles. The molecule has 9 nitrogen and oxygen atoms in total. The van der Waals surface area contributed by atoms with Crippen molar-refractivity contribution in [2.75, 3.05) is 6.61 Å². The fourth-order valence-corrected chi connectivity index (χ4v) is 2.76. The van der Waals surface area contributed by atoms with Gasteiger partial charge in [0.05, 0.1) is 10.2 Å². The highest BCUT2D eigenvalue weighted by molar-refractivity contribution is 14.1. The van der Waals surface area contributed by atoms with E-state index in [1.54, 1.807) is 13.1 Å². The molecule has 1 saturated heterocycles. The number of aliphatic hydroxyl groups excluding tert-OH is 3. The molecule has 0 spiro atoms. The Morgan fingerprint density at radius 3 is 2.71 bits per heavy atom. The Morgan fingerprint density at radius 2 is 2.14 bits per heavy atom. The summed E-state index contributed by atoms with van der Waals surface area (Å²) >= 11 is 2.05. The van der Waals surface area contributed by atoms with Crippen molar-refractivity contribution in [3.63, 3.8) is 0 Å². The van der Waals surface area contributed by atoms with Gasteiger partial charge in [0.25, 0.3) is 5.89 Å². The minimum Gasteiger partial charge on any atom is -0.394 e. The maximum atomic E-state index is 9.99. The second-order valence-electron chi connectivity index (χ2n) is 4.68. The lowest BCUT2D eigenvalue weighted by Gasteiger charge is -2.14. The van der Waals surface area contributed by atoms with Crippen LogP contribution in [0, 0.1) is 10.5 Å². The van der Waals surface area contributed by atoms with Crippen LogP contribution in [0.25, 0.3) is 11.6 Å². The van der Waals surface area contributed by atoms with E-state index in [1.807, 2.05) is 22.6 Å². The zero-order valence-corrected chi connectivity index (χ0v) is 13.1. The van der Waals surface area contributed by atoms with Gasteiger partial charge >= 0.3 is 0 Å². The molecule has 1 fully saturated rings. The average Bonchev–Trinajstić information content (AvgIpc) is 3.11. The van der Waals surface area contributed by atoms with Crippen molar-refractivity contribution < 1.29 is 24.6 Å². The van der Waals surface area contributed by atoms with Crippen molar-refractivity contribution in [2.45, 2.75) is 31.5 Å². The van der Waals surface area contributed by atoms with E-state index in [1.165, 1.54) is 4.68 Å². The quantitative estimate of drug-likeness (QED) is 0.578. The monoisotopic (exact) mass is 408 g/mol. The minimum atomic E-state index is -1.19. The number of aliphatic hydroxyl groups is 3. The Hall–Kier alpha value is -1.08. The summed E-state index contributed by atoms with van der Waals surface area (Å²) in [7, 11) is 0. The third-order valence-corrected chi connectivity index (χ3v) is 3.98. The topological polar surface area (TPSA) is 127 Å². The van der Waals surface area contributed by atoms with Crippen molar-refractivity contribution in [3.8, 4) is 11.6 Å². The molecule has 3 rings (SSSR count). The van der Waals surface area contributed by atoms with E-state index in [9.17, 15) is 10.2 Å². The second kappa shape index (κ2) is 5.61. The maximum Gasteiger partial charge on any atom is 0.279 e. The van der Waals surface area contributed by atoms with Gasteiger partial charge in [0.2, 0.25) is 0 Å². The van der Waals surface area contributed by atoms with Crippen LogP contribution in [0.4, 0.5) is 0 Å². The van der Waals surface area contributed by atoms with E-state index < -0.39 is 24.5 Å². The number of ether oxygens (including phenoxy) is 1. The van der Waals surface area contributed by atoms with Crippen LogP contribution in [0.1, 0.15) is 12.1 Å². The first-order valence-electron chi connectivity index (χ1n) is 6.19. The van der Waals surface area contributed by atoms with Gasteiger partial charge in [0.15, 0.2) is 17.7 Å². The zero-order chi connectivity index (χ0) is 15.1. The summed E-state index contributed by atoms with van der Waals surface area (Å²) in [6.45, 7) is 1.31. The molecule has 1 aliphatic rings. The van der Waals surface area contributed by atoms with Crippen LogP contribution in [-0.2, 0) is 4.74 Å². The summed E-state index contributed by atoms with van der Waals surface area (Å²) in [6.07, 6.45) is -2.45. The summed E-state index contributed by atoms with van der Waals surface area (Å²) in [5.41, 5.74) is 0.467. The largest absolute Gasteiger partial charge is 0.394 e. The van der Waals surface area contributed by atoms with Gasteiger partial charge in [-0.05, 0) is 29.5 Å². The highest BCUT2D eigenvalue weighted by Gasteiger charge is 2.44. The van der Waals surface area contributed by atoms with Crippen LogP contribution in [0.3, 0.4) is 0 Å². The summed E-state index contributed by atoms with van der Waals surface area (Å²) in [5, 5.41) is 36.8. The number of hydrogen-bond acceptors (Lipinski definition) is 8. The number of hydrogen-bond donors (Lipinski definition) is 3. The lowest BCUT2D eigenvalue weighted by Crippen LogP contribution is -2.33. The summed E-state index contributed by atoms with van der Waals surface area (Å²) in [5.74, 6) is 0.755. The van der Waals surface area contributed by atoms with Gasteiger partial charge in [-0.15, -0.1) is 0 Å². The molecule has 10 heteroatoms. The molecule has 0 aliphatic carbocycles. The average molecular weight is 408 g/mol. The van der Waals surface area contributed by atoms with Crippen LogP contribution in [0.15, 0.2) is 10.7 Å². The van der Waals surface area contributed by atoms with Gasteiger partial charge in [0, 0.05) is 6.20 Å². The fraction of sp³-hybridized carbons (Fsp3) is 0.545. The zero-order valence-electron chi connectivity index (χ0n) is 10.9. The van der Waals surface area contributed by atoms with E-state index in [0.29, 0.717) is 11.5 Å². The van der Waals surface area contributed by atoms with Crippen molar-refractivity contribution >= 4 is 22.6 Å². The molecule has 0 saturated carbocycles. The second-order valence-corrected chi connectivity index (χ2v) is 5.84. The molecule has 4 atom stereocenters. The van der Waals surface area contributed by atoms with E-state index in [-0.39, 0.29) is 12.5 Å². The number of aryl methyl sites for hydroxylation is 1. The van der Waals surface area contributed by atoms with Crippen molar-refractivity contribution in [1.82, 2.24) is 19.9 Å². The minimum absolute atomic E-state index is 0.266. The molecule has 0 radical (unpaired) electrons. The van der Waals surface area contributed by atoms with Crippen molar-refractivity contribution in [3.05, 3.63) is 15.6 Å². The normalized spacial score (nSPS) is 29.2. The molecule has 0 bridgehead atoms. The first kappa shape index (κ1) is 14.8. The Balaban J connectivity index is 1.91. The van der Waals surface area contributed by atoms with Crippen LogP contribution in [0.5, 0.6) is 0 Å². The van der Waals surface area contributed by atoms with Gasteiger partial charge in [-0.3, -0.25) is 0 Å². The Labute approximate surface area is 132 Å². The fourth-order valence-electron chi connectivity index (χ4n) is 2.14. The Morgan fingerprint density at radius 1 is 1.38 bits per heavy atom. The molecule has 0 amide bonds. The van der Waals surface area contributed by atoms with E-state index >= 15 is 0 Å². The van der Waals surface area contributed by atoms with Crippen LogP contribution >= 0.6 is 22.6 Å².